The zero-order valence-electron chi connectivity index (χ0n) is 9.03. The number of nitrogens with two attached hydrogens (primary N) is 1. The van der Waals surface area contributed by atoms with Gasteiger partial charge in [0.15, 0.2) is 0 Å². The van der Waals surface area contributed by atoms with Crippen LogP contribution in [0.25, 0.3) is 0 Å². The minimum atomic E-state index is -0.413. The van der Waals surface area contributed by atoms with E-state index in [4.69, 9.17) is 11.0 Å². The summed E-state index contributed by atoms with van der Waals surface area (Å²) in [5.74, 6) is 0. The molecule has 1 heterocycles. The molecule has 0 spiro atoms. The summed E-state index contributed by atoms with van der Waals surface area (Å²) >= 11 is 0. The van der Waals surface area contributed by atoms with Crippen LogP contribution in [0.1, 0.15) is 20.3 Å². The quantitative estimate of drug-likeness (QED) is 0.810. The molecular formula is C11H15N3O. The van der Waals surface area contributed by atoms with Gasteiger partial charge in [-0.05, 0) is 32.4 Å². The second kappa shape index (κ2) is 4.18. The molecule has 0 unspecified atom stereocenters. The minimum absolute atomic E-state index is 0.189. The number of nitrogens with zero attached hydrogens (tertiary/aromatic N) is 2. The monoisotopic (exact) mass is 205 g/mol. The molecule has 4 heteroatoms. The number of pyridine rings is 1. The number of rotatable bonds is 3. The Labute approximate surface area is 88.9 Å². The molecule has 0 aliphatic carbocycles. The molecule has 0 saturated carbocycles. The molecule has 0 aliphatic heterocycles. The molecule has 1 aromatic heterocycles. The van der Waals surface area contributed by atoms with E-state index in [1.54, 1.807) is 18.3 Å². The maximum Gasteiger partial charge on any atom is 0.273 e. The van der Waals surface area contributed by atoms with Gasteiger partial charge in [-0.25, -0.2) is 0 Å². The van der Waals surface area contributed by atoms with Crippen LogP contribution in [0.5, 0.6) is 0 Å². The number of anilines is 1. The van der Waals surface area contributed by atoms with Gasteiger partial charge in [0.1, 0.15) is 0 Å². The van der Waals surface area contributed by atoms with Crippen LogP contribution in [0.4, 0.5) is 5.69 Å². The highest BCUT2D eigenvalue weighted by Gasteiger charge is 2.16. The van der Waals surface area contributed by atoms with Gasteiger partial charge in [-0.2, -0.15) is 5.26 Å². The smallest absolute Gasteiger partial charge is 0.273 e. The van der Waals surface area contributed by atoms with Gasteiger partial charge in [-0.3, -0.25) is 4.79 Å². The van der Waals surface area contributed by atoms with Crippen LogP contribution in [0.2, 0.25) is 0 Å². The zero-order chi connectivity index (χ0) is 11.5. The van der Waals surface area contributed by atoms with Crippen LogP contribution in [-0.4, -0.2) is 4.57 Å². The van der Waals surface area contributed by atoms with E-state index in [0.29, 0.717) is 13.0 Å². The summed E-state index contributed by atoms with van der Waals surface area (Å²) in [5.41, 5.74) is 5.14. The first-order valence-electron chi connectivity index (χ1n) is 4.82. The predicted octanol–water partition coefficient (Wildman–Crippen LogP) is 1.37. The third-order valence-corrected chi connectivity index (χ3v) is 2.33. The highest BCUT2D eigenvalue weighted by atomic mass is 16.1. The van der Waals surface area contributed by atoms with E-state index >= 15 is 0 Å². The number of nitriles is 1. The third kappa shape index (κ3) is 2.84. The van der Waals surface area contributed by atoms with Crippen molar-refractivity contribution < 1.29 is 0 Å². The van der Waals surface area contributed by atoms with Crippen molar-refractivity contribution in [2.45, 2.75) is 26.8 Å². The molecule has 0 radical (unpaired) electrons. The summed E-state index contributed by atoms with van der Waals surface area (Å²) in [6, 6.07) is 5.51. The molecule has 0 aliphatic rings. The molecule has 1 rings (SSSR count). The van der Waals surface area contributed by atoms with E-state index in [9.17, 15) is 4.79 Å². The first-order valence-corrected chi connectivity index (χ1v) is 4.82. The lowest BCUT2D eigenvalue weighted by Crippen LogP contribution is -2.24. The molecule has 2 N–H and O–H groups in total. The van der Waals surface area contributed by atoms with E-state index < -0.39 is 5.41 Å². The molecule has 0 saturated heterocycles. The van der Waals surface area contributed by atoms with E-state index in [2.05, 4.69) is 6.07 Å². The van der Waals surface area contributed by atoms with Crippen LogP contribution in [-0.2, 0) is 6.54 Å². The van der Waals surface area contributed by atoms with Gasteiger partial charge in [0, 0.05) is 12.7 Å². The molecule has 0 bridgehead atoms. The molecule has 80 valence electrons. The Kier molecular flexibility index (Phi) is 3.15. The third-order valence-electron chi connectivity index (χ3n) is 2.33. The van der Waals surface area contributed by atoms with Crippen LogP contribution >= 0.6 is 0 Å². The first kappa shape index (κ1) is 11.3. The van der Waals surface area contributed by atoms with Crippen LogP contribution < -0.4 is 11.3 Å². The van der Waals surface area contributed by atoms with Gasteiger partial charge in [-0.15, -0.1) is 0 Å². The Morgan fingerprint density at radius 3 is 2.87 bits per heavy atom. The summed E-state index contributed by atoms with van der Waals surface area (Å²) in [5, 5.41) is 8.83. The van der Waals surface area contributed by atoms with Crippen molar-refractivity contribution in [3.05, 3.63) is 28.7 Å². The fourth-order valence-electron chi connectivity index (χ4n) is 1.19. The standard InChI is InChI=1S/C11H15N3O/c1-11(2,8-12)5-7-14-6-3-4-9(13)10(14)15/h3-4,6H,5,7,13H2,1-2H3. The Hall–Kier alpha value is -1.76. The fourth-order valence-corrected chi connectivity index (χ4v) is 1.19. The SMILES string of the molecule is CC(C)(C#N)CCn1cccc(N)c1=O. The average Bonchev–Trinajstić information content (AvgIpc) is 2.20. The lowest BCUT2D eigenvalue weighted by Gasteiger charge is -2.15. The van der Waals surface area contributed by atoms with Crippen molar-refractivity contribution in [1.29, 1.82) is 5.26 Å². The van der Waals surface area contributed by atoms with Gasteiger partial charge in [0.2, 0.25) is 0 Å². The first-order chi connectivity index (χ1) is 6.96. The van der Waals surface area contributed by atoms with Crippen LogP contribution in [0.3, 0.4) is 0 Å². The molecule has 15 heavy (non-hydrogen) atoms. The number of aromatic nitrogens is 1. The maximum absolute atomic E-state index is 11.5. The molecule has 0 amide bonds. The minimum Gasteiger partial charge on any atom is -0.394 e. The van der Waals surface area contributed by atoms with Crippen molar-refractivity contribution in [3.8, 4) is 6.07 Å². The predicted molar refractivity (Wildman–Crippen MR) is 59.1 cm³/mol. The largest absolute Gasteiger partial charge is 0.394 e. The summed E-state index contributed by atoms with van der Waals surface area (Å²) in [6.45, 7) is 4.22. The van der Waals surface area contributed by atoms with E-state index in [0.717, 1.165) is 0 Å². The van der Waals surface area contributed by atoms with E-state index in [1.165, 1.54) is 4.57 Å². The second-order valence-electron chi connectivity index (χ2n) is 4.21. The van der Waals surface area contributed by atoms with Crippen LogP contribution in [0, 0.1) is 16.7 Å². The van der Waals surface area contributed by atoms with Crippen molar-refractivity contribution in [3.63, 3.8) is 0 Å². The Morgan fingerprint density at radius 2 is 2.27 bits per heavy atom. The van der Waals surface area contributed by atoms with E-state index in [-0.39, 0.29) is 11.2 Å². The number of nitrogen functional groups attached to an aromatic ring is 1. The molecular weight excluding hydrogens is 190 g/mol. The van der Waals surface area contributed by atoms with Gasteiger partial charge >= 0.3 is 0 Å². The topological polar surface area (TPSA) is 71.8 Å². The van der Waals surface area contributed by atoms with Crippen LogP contribution in [0.15, 0.2) is 23.1 Å². The average molecular weight is 205 g/mol. The van der Waals surface area contributed by atoms with Gasteiger partial charge in [0.05, 0.1) is 17.2 Å². The molecule has 0 fully saturated rings. The van der Waals surface area contributed by atoms with Crippen molar-refractivity contribution >= 4 is 5.69 Å². The molecule has 1 aromatic rings. The van der Waals surface area contributed by atoms with Gasteiger partial charge in [-0.1, -0.05) is 0 Å². The molecule has 4 nitrogen and oxygen atoms in total. The van der Waals surface area contributed by atoms with Crippen molar-refractivity contribution in [2.24, 2.45) is 5.41 Å². The Bertz CT molecular complexity index is 440. The normalized spacial score (nSPS) is 11.0. The molecule has 0 atom stereocenters. The maximum atomic E-state index is 11.5. The highest BCUT2D eigenvalue weighted by molar-refractivity contribution is 5.33. The lowest BCUT2D eigenvalue weighted by molar-refractivity contribution is 0.409. The number of aryl methyl sites for hydroxylation is 1. The number of hydrogen-bond donors (Lipinski definition) is 1. The summed E-state index contributed by atoms with van der Waals surface area (Å²) < 4.78 is 1.54. The zero-order valence-corrected chi connectivity index (χ0v) is 9.03. The Morgan fingerprint density at radius 1 is 1.60 bits per heavy atom. The summed E-state index contributed by atoms with van der Waals surface area (Å²) in [4.78, 5) is 11.5. The highest BCUT2D eigenvalue weighted by Crippen LogP contribution is 2.18. The van der Waals surface area contributed by atoms with Gasteiger partial charge < -0.3 is 10.3 Å². The van der Waals surface area contributed by atoms with Crippen molar-refractivity contribution in [1.82, 2.24) is 4.57 Å². The van der Waals surface area contributed by atoms with Crippen molar-refractivity contribution in [2.75, 3.05) is 5.73 Å². The Balaban J connectivity index is 2.80. The summed E-state index contributed by atoms with van der Waals surface area (Å²) in [7, 11) is 0. The number of hydrogen-bond acceptors (Lipinski definition) is 3. The summed E-state index contributed by atoms with van der Waals surface area (Å²) in [6.07, 6.45) is 2.32. The lowest BCUT2D eigenvalue weighted by atomic mass is 9.91. The van der Waals surface area contributed by atoms with Gasteiger partial charge in [0.25, 0.3) is 5.56 Å². The second-order valence-corrected chi connectivity index (χ2v) is 4.21. The van der Waals surface area contributed by atoms with E-state index in [1.807, 2.05) is 13.8 Å². The molecule has 0 aromatic carbocycles. The fraction of sp³-hybridized carbons (Fsp3) is 0.455.